The quantitative estimate of drug-likeness (QED) is 0.609. The molecular weight excluding hydrogens is 256 g/mol. The molecule has 5 heteroatoms. The molecule has 0 N–H and O–H groups in total. The molecule has 4 nitrogen and oxygen atoms in total. The van der Waals surface area contributed by atoms with E-state index < -0.39 is 18.0 Å². The fourth-order valence-corrected chi connectivity index (χ4v) is 1.40. The molecule has 0 aromatic heterocycles. The molecule has 0 radical (unpaired) electrons. The molecule has 0 amide bonds. The summed E-state index contributed by atoms with van der Waals surface area (Å²) in [7, 11) is 0. The van der Waals surface area contributed by atoms with Gasteiger partial charge in [0.2, 0.25) is 6.10 Å². The largest absolute Gasteiger partial charge is 0.460 e. The van der Waals surface area contributed by atoms with E-state index in [2.05, 4.69) is 0 Å². The monoisotopic (exact) mass is 270 g/mol. The van der Waals surface area contributed by atoms with Crippen LogP contribution in [0.2, 0.25) is 0 Å². The van der Waals surface area contributed by atoms with Crippen LogP contribution >= 0.6 is 11.6 Å². The smallest absolute Gasteiger partial charge is 0.352 e. The van der Waals surface area contributed by atoms with Gasteiger partial charge in [-0.1, -0.05) is 30.3 Å². The van der Waals surface area contributed by atoms with Gasteiger partial charge in [0.25, 0.3) is 0 Å². The van der Waals surface area contributed by atoms with Gasteiger partial charge in [0.05, 0.1) is 6.10 Å². The lowest BCUT2D eigenvalue weighted by molar-refractivity contribution is -0.169. The molecule has 0 fully saturated rings. The van der Waals surface area contributed by atoms with Crippen molar-refractivity contribution >= 4 is 23.5 Å². The summed E-state index contributed by atoms with van der Waals surface area (Å²) in [5, 5.41) is 0. The van der Waals surface area contributed by atoms with E-state index in [4.69, 9.17) is 21.1 Å². The first-order valence-corrected chi connectivity index (χ1v) is 6.09. The fraction of sp³-hybridized carbons (Fsp3) is 0.385. The number of esters is 2. The lowest BCUT2D eigenvalue weighted by Crippen LogP contribution is -2.24. The Morgan fingerprint density at radius 3 is 2.28 bits per heavy atom. The van der Waals surface area contributed by atoms with Gasteiger partial charge in [-0.3, -0.25) is 4.79 Å². The number of alkyl halides is 1. The van der Waals surface area contributed by atoms with Crippen LogP contribution in [0, 0.1) is 0 Å². The first-order valence-electron chi connectivity index (χ1n) is 5.55. The number of halogens is 1. The van der Waals surface area contributed by atoms with Crippen LogP contribution in [-0.2, 0) is 19.1 Å². The summed E-state index contributed by atoms with van der Waals surface area (Å²) >= 11 is 5.37. The molecule has 0 heterocycles. The van der Waals surface area contributed by atoms with Crippen LogP contribution in [0.5, 0.6) is 0 Å². The molecule has 0 aliphatic heterocycles. The van der Waals surface area contributed by atoms with Gasteiger partial charge in [-0.15, -0.1) is 11.6 Å². The fourth-order valence-electron chi connectivity index (χ4n) is 1.34. The van der Waals surface area contributed by atoms with Crippen molar-refractivity contribution in [3.8, 4) is 0 Å². The van der Waals surface area contributed by atoms with E-state index in [9.17, 15) is 9.59 Å². The highest BCUT2D eigenvalue weighted by Gasteiger charge is 2.26. The molecule has 0 bridgehead atoms. The first-order chi connectivity index (χ1) is 8.54. The number of hydrogen-bond donors (Lipinski definition) is 0. The Kier molecular flexibility index (Phi) is 5.65. The van der Waals surface area contributed by atoms with Crippen LogP contribution in [0.3, 0.4) is 0 Å². The molecule has 0 saturated heterocycles. The minimum absolute atomic E-state index is 0.279. The minimum atomic E-state index is -1.07. The van der Waals surface area contributed by atoms with Crippen molar-refractivity contribution in [3.63, 3.8) is 0 Å². The van der Waals surface area contributed by atoms with Crippen molar-refractivity contribution in [2.45, 2.75) is 26.1 Å². The molecule has 0 aliphatic carbocycles. The Balaban J connectivity index is 2.88. The van der Waals surface area contributed by atoms with Gasteiger partial charge in [0, 0.05) is 5.56 Å². The molecule has 1 atom stereocenters. The van der Waals surface area contributed by atoms with E-state index in [0.29, 0.717) is 5.56 Å². The Morgan fingerprint density at radius 1 is 1.17 bits per heavy atom. The number of hydrogen-bond acceptors (Lipinski definition) is 4. The maximum atomic E-state index is 11.9. The molecule has 0 aliphatic rings. The van der Waals surface area contributed by atoms with Crippen molar-refractivity contribution in [3.05, 3.63) is 35.9 Å². The molecular formula is C13H15ClO4. The molecule has 0 spiro atoms. The van der Waals surface area contributed by atoms with Crippen molar-refractivity contribution in [2.24, 2.45) is 0 Å². The second-order valence-corrected chi connectivity index (χ2v) is 4.17. The number of carbonyl (C=O) groups excluding carboxylic acids is 2. The molecule has 1 aromatic rings. The normalized spacial score (nSPS) is 12.0. The summed E-state index contributed by atoms with van der Waals surface area (Å²) in [6, 6.07) is 8.68. The zero-order valence-corrected chi connectivity index (χ0v) is 11.0. The van der Waals surface area contributed by atoms with Crippen LogP contribution in [0.25, 0.3) is 0 Å². The standard InChI is InChI=1S/C13H15ClO4/c1-9(2)17-13(16)12(18-11(15)8-14)10-6-4-3-5-7-10/h3-7,9,12H,8H2,1-2H3/t12-/m0/s1. The highest BCUT2D eigenvalue weighted by molar-refractivity contribution is 6.26. The molecule has 1 aromatic carbocycles. The number of ether oxygens (including phenoxy) is 2. The van der Waals surface area contributed by atoms with Crippen molar-refractivity contribution in [1.29, 1.82) is 0 Å². The van der Waals surface area contributed by atoms with Crippen LogP contribution < -0.4 is 0 Å². The van der Waals surface area contributed by atoms with Crippen molar-refractivity contribution in [1.82, 2.24) is 0 Å². The second kappa shape index (κ2) is 7.01. The number of rotatable bonds is 5. The zero-order valence-electron chi connectivity index (χ0n) is 10.3. The molecule has 1 rings (SSSR count). The molecule has 98 valence electrons. The number of carbonyl (C=O) groups is 2. The first kappa shape index (κ1) is 14.5. The summed E-state index contributed by atoms with van der Waals surface area (Å²) in [6.45, 7) is 3.45. The summed E-state index contributed by atoms with van der Waals surface area (Å²) in [5.74, 6) is -1.57. The maximum absolute atomic E-state index is 11.9. The van der Waals surface area contributed by atoms with E-state index in [1.54, 1.807) is 44.2 Å². The number of benzene rings is 1. The predicted molar refractivity (Wildman–Crippen MR) is 67.2 cm³/mol. The molecule has 0 saturated carbocycles. The zero-order chi connectivity index (χ0) is 13.5. The molecule has 0 unspecified atom stereocenters. The van der Waals surface area contributed by atoms with E-state index in [-0.39, 0.29) is 12.0 Å². The predicted octanol–water partition coefficient (Wildman–Crippen LogP) is 2.46. The Hall–Kier alpha value is -1.55. The van der Waals surface area contributed by atoms with E-state index >= 15 is 0 Å². The summed E-state index contributed by atoms with van der Waals surface area (Å²) < 4.78 is 10.1. The third-order valence-corrected chi connectivity index (χ3v) is 2.24. The third kappa shape index (κ3) is 4.37. The van der Waals surface area contributed by atoms with Gasteiger partial charge in [-0.25, -0.2) is 4.79 Å². The van der Waals surface area contributed by atoms with Gasteiger partial charge < -0.3 is 9.47 Å². The SMILES string of the molecule is CC(C)OC(=O)[C@@H](OC(=O)CCl)c1ccccc1. The highest BCUT2D eigenvalue weighted by atomic mass is 35.5. The van der Waals surface area contributed by atoms with E-state index in [1.165, 1.54) is 0 Å². The Bertz CT molecular complexity index is 403. The van der Waals surface area contributed by atoms with Crippen molar-refractivity contribution < 1.29 is 19.1 Å². The average Bonchev–Trinajstić information content (AvgIpc) is 2.35. The van der Waals surface area contributed by atoms with Gasteiger partial charge in [-0.2, -0.15) is 0 Å². The summed E-state index contributed by atoms with van der Waals surface area (Å²) in [5.41, 5.74) is 0.557. The Labute approximate surface area is 111 Å². The average molecular weight is 271 g/mol. The Morgan fingerprint density at radius 2 is 1.78 bits per heavy atom. The van der Waals surface area contributed by atoms with Crippen LogP contribution in [0.15, 0.2) is 30.3 Å². The van der Waals surface area contributed by atoms with Gasteiger partial charge in [0.1, 0.15) is 5.88 Å². The van der Waals surface area contributed by atoms with Gasteiger partial charge >= 0.3 is 11.9 Å². The summed E-state index contributed by atoms with van der Waals surface area (Å²) in [4.78, 5) is 23.1. The topological polar surface area (TPSA) is 52.6 Å². The lowest BCUT2D eigenvalue weighted by atomic mass is 10.1. The minimum Gasteiger partial charge on any atom is -0.460 e. The highest BCUT2D eigenvalue weighted by Crippen LogP contribution is 2.20. The maximum Gasteiger partial charge on any atom is 0.352 e. The lowest BCUT2D eigenvalue weighted by Gasteiger charge is -2.18. The third-order valence-electron chi connectivity index (χ3n) is 2.03. The van der Waals surface area contributed by atoms with Crippen LogP contribution in [-0.4, -0.2) is 23.9 Å². The van der Waals surface area contributed by atoms with Crippen LogP contribution in [0.1, 0.15) is 25.5 Å². The molecule has 18 heavy (non-hydrogen) atoms. The summed E-state index contributed by atoms with van der Waals surface area (Å²) in [6.07, 6.45) is -1.35. The van der Waals surface area contributed by atoms with E-state index in [0.717, 1.165) is 0 Å². The van der Waals surface area contributed by atoms with Gasteiger partial charge in [-0.05, 0) is 13.8 Å². The van der Waals surface area contributed by atoms with E-state index in [1.807, 2.05) is 0 Å². The van der Waals surface area contributed by atoms with Crippen LogP contribution in [0.4, 0.5) is 0 Å². The van der Waals surface area contributed by atoms with Crippen molar-refractivity contribution in [2.75, 3.05) is 5.88 Å². The second-order valence-electron chi connectivity index (χ2n) is 3.90. The van der Waals surface area contributed by atoms with Gasteiger partial charge in [0.15, 0.2) is 0 Å².